The molecule has 1 unspecified atom stereocenters. The van der Waals surface area contributed by atoms with Crippen LogP contribution in [0.2, 0.25) is 0 Å². The molecule has 0 aromatic heterocycles. The van der Waals surface area contributed by atoms with E-state index < -0.39 is 10.0 Å². The quantitative estimate of drug-likeness (QED) is 0.811. The second-order valence-corrected chi connectivity index (χ2v) is 7.89. The zero-order valence-corrected chi connectivity index (χ0v) is 11.5. The Morgan fingerprint density at radius 3 is 2.44 bits per heavy atom. The van der Waals surface area contributed by atoms with E-state index in [1.807, 2.05) is 13.8 Å². The summed E-state index contributed by atoms with van der Waals surface area (Å²) in [4.78, 5) is 0. The van der Waals surface area contributed by atoms with Crippen molar-refractivity contribution in [2.24, 2.45) is 17.1 Å². The van der Waals surface area contributed by atoms with E-state index in [-0.39, 0.29) is 23.1 Å². The number of piperidine rings is 1. The summed E-state index contributed by atoms with van der Waals surface area (Å²) < 4.78 is 25.6. The van der Waals surface area contributed by atoms with Crippen LogP contribution in [0.4, 0.5) is 0 Å². The van der Waals surface area contributed by atoms with Gasteiger partial charge in [-0.2, -0.15) is 0 Å². The molecule has 4 nitrogen and oxygen atoms in total. The number of rotatable bonds is 3. The minimum Gasteiger partial charge on any atom is -0.326 e. The monoisotopic (exact) mass is 248 g/mol. The summed E-state index contributed by atoms with van der Waals surface area (Å²) in [6.07, 6.45) is 0.839. The Kier molecular flexibility index (Phi) is 4.03. The van der Waals surface area contributed by atoms with Crippen molar-refractivity contribution in [3.63, 3.8) is 0 Å². The second-order valence-electron chi connectivity index (χ2n) is 5.88. The van der Waals surface area contributed by atoms with Crippen molar-refractivity contribution in [2.45, 2.75) is 40.2 Å². The van der Waals surface area contributed by atoms with Gasteiger partial charge in [0, 0.05) is 19.1 Å². The van der Waals surface area contributed by atoms with E-state index >= 15 is 0 Å². The van der Waals surface area contributed by atoms with Gasteiger partial charge in [0.15, 0.2) is 0 Å². The molecule has 1 heterocycles. The third-order valence-corrected chi connectivity index (χ3v) is 5.55. The van der Waals surface area contributed by atoms with Crippen molar-refractivity contribution >= 4 is 10.0 Å². The smallest absolute Gasteiger partial charge is 0.214 e. The van der Waals surface area contributed by atoms with Gasteiger partial charge in [-0.25, -0.2) is 12.7 Å². The topological polar surface area (TPSA) is 63.4 Å². The predicted molar refractivity (Wildman–Crippen MR) is 66.6 cm³/mol. The lowest BCUT2D eigenvalue weighted by Crippen LogP contribution is -2.54. The molecule has 1 fully saturated rings. The average Bonchev–Trinajstić information content (AvgIpc) is 2.07. The summed E-state index contributed by atoms with van der Waals surface area (Å²) in [5, 5.41) is 0. The molecule has 16 heavy (non-hydrogen) atoms. The summed E-state index contributed by atoms with van der Waals surface area (Å²) in [5.74, 6) is 0.385. The minimum absolute atomic E-state index is 0.0455. The van der Waals surface area contributed by atoms with Crippen LogP contribution in [0.15, 0.2) is 0 Å². The van der Waals surface area contributed by atoms with Gasteiger partial charge in [-0.15, -0.1) is 0 Å². The largest absolute Gasteiger partial charge is 0.326 e. The molecule has 0 bridgehead atoms. The van der Waals surface area contributed by atoms with Gasteiger partial charge in [-0.3, -0.25) is 0 Å². The van der Waals surface area contributed by atoms with E-state index in [4.69, 9.17) is 5.73 Å². The molecule has 1 atom stereocenters. The third-order valence-electron chi connectivity index (χ3n) is 3.35. The molecule has 0 aliphatic carbocycles. The van der Waals surface area contributed by atoms with Gasteiger partial charge in [0.05, 0.1) is 5.75 Å². The van der Waals surface area contributed by atoms with Crippen LogP contribution in [0.5, 0.6) is 0 Å². The first-order valence-electron chi connectivity index (χ1n) is 5.88. The average molecular weight is 248 g/mol. The normalized spacial score (nSPS) is 27.2. The highest BCUT2D eigenvalue weighted by Crippen LogP contribution is 2.30. The first-order valence-corrected chi connectivity index (χ1v) is 7.49. The number of sulfonamides is 1. The highest BCUT2D eigenvalue weighted by Gasteiger charge is 2.37. The predicted octanol–water partition coefficient (Wildman–Crippen LogP) is 1.03. The van der Waals surface area contributed by atoms with E-state index in [9.17, 15) is 8.42 Å². The molecule has 1 rings (SSSR count). The molecule has 0 aromatic carbocycles. The number of nitrogens with zero attached hydrogens (tertiary/aromatic N) is 1. The van der Waals surface area contributed by atoms with Crippen LogP contribution in [0, 0.1) is 11.3 Å². The maximum atomic E-state index is 12.0. The van der Waals surface area contributed by atoms with Crippen LogP contribution in [-0.2, 0) is 10.0 Å². The van der Waals surface area contributed by atoms with Gasteiger partial charge in [-0.1, -0.05) is 27.7 Å². The molecule has 1 aliphatic heterocycles. The van der Waals surface area contributed by atoms with Crippen molar-refractivity contribution in [1.82, 2.24) is 4.31 Å². The van der Waals surface area contributed by atoms with Crippen LogP contribution in [-0.4, -0.2) is 37.6 Å². The zero-order chi connectivity index (χ0) is 12.6. The van der Waals surface area contributed by atoms with E-state index in [1.165, 1.54) is 0 Å². The van der Waals surface area contributed by atoms with Crippen LogP contribution in [0.25, 0.3) is 0 Å². The SMILES string of the molecule is CC(C)CS(=O)(=O)N1CCC(C)(C)C(N)C1. The first-order chi connectivity index (χ1) is 7.15. The molecule has 0 aromatic rings. The number of nitrogens with two attached hydrogens (primary N) is 1. The van der Waals surface area contributed by atoms with E-state index in [2.05, 4.69) is 13.8 Å². The van der Waals surface area contributed by atoms with Gasteiger partial charge >= 0.3 is 0 Å². The van der Waals surface area contributed by atoms with Gasteiger partial charge in [0.2, 0.25) is 10.0 Å². The van der Waals surface area contributed by atoms with E-state index in [0.29, 0.717) is 13.1 Å². The maximum absolute atomic E-state index is 12.0. The van der Waals surface area contributed by atoms with Gasteiger partial charge in [-0.05, 0) is 17.8 Å². The Morgan fingerprint density at radius 2 is 2.00 bits per heavy atom. The Bertz CT molecular complexity index is 336. The van der Waals surface area contributed by atoms with E-state index in [0.717, 1.165) is 6.42 Å². The molecule has 0 spiro atoms. The van der Waals surface area contributed by atoms with Crippen LogP contribution in [0.1, 0.15) is 34.1 Å². The summed E-state index contributed by atoms with van der Waals surface area (Å²) >= 11 is 0. The van der Waals surface area contributed by atoms with Crippen molar-refractivity contribution in [1.29, 1.82) is 0 Å². The van der Waals surface area contributed by atoms with Crippen molar-refractivity contribution in [3.05, 3.63) is 0 Å². The fraction of sp³-hybridized carbons (Fsp3) is 1.00. The lowest BCUT2D eigenvalue weighted by Gasteiger charge is -2.41. The van der Waals surface area contributed by atoms with Crippen molar-refractivity contribution in [3.8, 4) is 0 Å². The van der Waals surface area contributed by atoms with Gasteiger partial charge in [0.1, 0.15) is 0 Å². The summed E-state index contributed by atoms with van der Waals surface area (Å²) in [6.45, 7) is 9.11. The standard InChI is InChI=1S/C11H24N2O2S/c1-9(2)8-16(14,15)13-6-5-11(3,4)10(12)7-13/h9-10H,5-8,12H2,1-4H3. The molecular weight excluding hydrogens is 224 g/mol. The van der Waals surface area contributed by atoms with Crippen molar-refractivity contribution < 1.29 is 8.42 Å². The lowest BCUT2D eigenvalue weighted by molar-refractivity contribution is 0.161. The maximum Gasteiger partial charge on any atom is 0.214 e. The molecule has 0 radical (unpaired) electrons. The third kappa shape index (κ3) is 3.18. The van der Waals surface area contributed by atoms with Crippen LogP contribution in [0.3, 0.4) is 0 Å². The second kappa shape index (κ2) is 4.63. The fourth-order valence-corrected chi connectivity index (χ4v) is 3.75. The Balaban J connectivity index is 2.71. The Labute approximate surface area is 99.2 Å². The molecule has 1 aliphatic rings. The lowest BCUT2D eigenvalue weighted by atomic mass is 9.79. The summed E-state index contributed by atoms with van der Waals surface area (Å²) in [5.41, 5.74) is 6.07. The van der Waals surface area contributed by atoms with Crippen LogP contribution < -0.4 is 5.73 Å². The first kappa shape index (κ1) is 13.9. The molecular formula is C11H24N2O2S. The molecule has 5 heteroatoms. The molecule has 96 valence electrons. The number of hydrogen-bond acceptors (Lipinski definition) is 3. The molecule has 2 N–H and O–H groups in total. The number of hydrogen-bond donors (Lipinski definition) is 1. The fourth-order valence-electron chi connectivity index (χ4n) is 1.94. The minimum atomic E-state index is -3.11. The summed E-state index contributed by atoms with van der Waals surface area (Å²) in [6, 6.07) is -0.0665. The van der Waals surface area contributed by atoms with E-state index in [1.54, 1.807) is 4.31 Å². The highest BCUT2D eigenvalue weighted by atomic mass is 32.2. The van der Waals surface area contributed by atoms with Crippen LogP contribution >= 0.6 is 0 Å². The van der Waals surface area contributed by atoms with Gasteiger partial charge in [0.25, 0.3) is 0 Å². The zero-order valence-electron chi connectivity index (χ0n) is 10.7. The Hall–Kier alpha value is -0.130. The van der Waals surface area contributed by atoms with Gasteiger partial charge < -0.3 is 5.73 Å². The highest BCUT2D eigenvalue weighted by molar-refractivity contribution is 7.89. The molecule has 0 saturated carbocycles. The Morgan fingerprint density at radius 1 is 1.44 bits per heavy atom. The van der Waals surface area contributed by atoms with Crippen molar-refractivity contribution in [2.75, 3.05) is 18.8 Å². The molecule has 0 amide bonds. The summed E-state index contributed by atoms with van der Waals surface area (Å²) in [7, 11) is -3.11. The molecule has 1 saturated heterocycles.